The van der Waals surface area contributed by atoms with Crippen molar-refractivity contribution in [3.05, 3.63) is 41.9 Å². The predicted molar refractivity (Wildman–Crippen MR) is 77.9 cm³/mol. The Kier molecular flexibility index (Phi) is 3.38. The molecular weight excluding hydrogens is 234 g/mol. The second-order valence-electron chi connectivity index (χ2n) is 5.66. The van der Waals surface area contributed by atoms with Crippen LogP contribution in [-0.2, 0) is 0 Å². The molecule has 100 valence electrons. The van der Waals surface area contributed by atoms with E-state index in [-0.39, 0.29) is 0 Å². The molecule has 1 aliphatic rings. The van der Waals surface area contributed by atoms with Crippen LogP contribution in [0, 0.1) is 6.92 Å². The van der Waals surface area contributed by atoms with E-state index in [9.17, 15) is 0 Å². The summed E-state index contributed by atoms with van der Waals surface area (Å²) >= 11 is 0. The fourth-order valence-corrected chi connectivity index (χ4v) is 2.82. The van der Waals surface area contributed by atoms with Crippen molar-refractivity contribution in [3.8, 4) is 11.3 Å². The Balaban J connectivity index is 1.77. The van der Waals surface area contributed by atoms with Gasteiger partial charge >= 0.3 is 0 Å². The summed E-state index contributed by atoms with van der Waals surface area (Å²) in [6.45, 7) is 2.10. The number of hydrogen-bond donors (Lipinski definition) is 2. The monoisotopic (exact) mass is 255 g/mol. The Morgan fingerprint density at radius 2 is 1.79 bits per heavy atom. The zero-order chi connectivity index (χ0) is 13.2. The van der Waals surface area contributed by atoms with Crippen molar-refractivity contribution in [1.29, 1.82) is 0 Å². The average molecular weight is 255 g/mol. The van der Waals surface area contributed by atoms with Gasteiger partial charge in [0.25, 0.3) is 0 Å². The number of aromatic amines is 1. The standard InChI is InChI=1S/C16H21N3/c1-11-2-4-12(5-3-11)15-10-18-16(19-15)13-6-8-14(17)9-7-13/h2-5,10,13-14H,6-9,17H2,1H3,(H,18,19). The highest BCUT2D eigenvalue weighted by molar-refractivity contribution is 5.58. The van der Waals surface area contributed by atoms with Gasteiger partial charge in [0.15, 0.2) is 0 Å². The minimum atomic E-state index is 0.391. The molecular formula is C16H21N3. The van der Waals surface area contributed by atoms with Crippen molar-refractivity contribution in [2.24, 2.45) is 5.73 Å². The van der Waals surface area contributed by atoms with Gasteiger partial charge in [-0.05, 0) is 38.2 Å². The Labute approximate surface area is 114 Å². The van der Waals surface area contributed by atoms with Crippen LogP contribution in [0.5, 0.6) is 0 Å². The lowest BCUT2D eigenvalue weighted by Gasteiger charge is -2.24. The smallest absolute Gasteiger partial charge is 0.109 e. The van der Waals surface area contributed by atoms with Gasteiger partial charge in [0.2, 0.25) is 0 Å². The molecule has 0 saturated heterocycles. The van der Waals surface area contributed by atoms with Crippen LogP contribution in [0.3, 0.4) is 0 Å². The second kappa shape index (κ2) is 5.17. The molecule has 3 nitrogen and oxygen atoms in total. The normalized spacial score (nSPS) is 23.5. The maximum absolute atomic E-state index is 5.95. The molecule has 0 bridgehead atoms. The zero-order valence-electron chi connectivity index (χ0n) is 11.4. The van der Waals surface area contributed by atoms with Crippen molar-refractivity contribution in [3.63, 3.8) is 0 Å². The Morgan fingerprint density at radius 3 is 2.47 bits per heavy atom. The molecule has 0 spiro atoms. The van der Waals surface area contributed by atoms with E-state index in [4.69, 9.17) is 5.73 Å². The minimum absolute atomic E-state index is 0.391. The van der Waals surface area contributed by atoms with Crippen molar-refractivity contribution in [2.75, 3.05) is 0 Å². The fourth-order valence-electron chi connectivity index (χ4n) is 2.82. The van der Waals surface area contributed by atoms with Gasteiger partial charge in [-0.15, -0.1) is 0 Å². The maximum atomic E-state index is 5.95. The summed E-state index contributed by atoms with van der Waals surface area (Å²) in [5.74, 6) is 1.68. The highest BCUT2D eigenvalue weighted by Gasteiger charge is 2.22. The zero-order valence-corrected chi connectivity index (χ0v) is 11.4. The molecule has 1 aromatic carbocycles. The highest BCUT2D eigenvalue weighted by Crippen LogP contribution is 2.31. The molecule has 0 amide bonds. The molecule has 3 heteroatoms. The van der Waals surface area contributed by atoms with E-state index in [1.54, 1.807) is 0 Å². The summed E-state index contributed by atoms with van der Waals surface area (Å²) in [5, 5.41) is 0. The molecule has 0 atom stereocenters. The molecule has 1 heterocycles. The maximum Gasteiger partial charge on any atom is 0.109 e. The number of nitrogens with zero attached hydrogens (tertiary/aromatic N) is 1. The molecule has 1 aliphatic carbocycles. The number of aromatic nitrogens is 2. The number of hydrogen-bond acceptors (Lipinski definition) is 2. The number of imidazole rings is 1. The largest absolute Gasteiger partial charge is 0.342 e. The topological polar surface area (TPSA) is 54.7 Å². The number of H-pyrrole nitrogens is 1. The van der Waals surface area contributed by atoms with Crippen molar-refractivity contribution in [2.45, 2.75) is 44.6 Å². The fraction of sp³-hybridized carbons (Fsp3) is 0.438. The van der Waals surface area contributed by atoms with Gasteiger partial charge in [0.1, 0.15) is 5.82 Å². The van der Waals surface area contributed by atoms with Gasteiger partial charge in [0, 0.05) is 12.0 Å². The number of rotatable bonds is 2. The second-order valence-corrected chi connectivity index (χ2v) is 5.66. The molecule has 1 fully saturated rings. The minimum Gasteiger partial charge on any atom is -0.342 e. The molecule has 3 rings (SSSR count). The van der Waals surface area contributed by atoms with Gasteiger partial charge < -0.3 is 10.7 Å². The van der Waals surface area contributed by atoms with Crippen LogP contribution >= 0.6 is 0 Å². The first-order chi connectivity index (χ1) is 9.22. The van der Waals surface area contributed by atoms with Crippen LogP contribution in [0.25, 0.3) is 11.3 Å². The predicted octanol–water partition coefficient (Wildman–Crippen LogP) is 3.37. The van der Waals surface area contributed by atoms with Crippen LogP contribution in [0.1, 0.15) is 43.0 Å². The Morgan fingerprint density at radius 1 is 1.11 bits per heavy atom. The highest BCUT2D eigenvalue weighted by atomic mass is 14.9. The molecule has 0 aliphatic heterocycles. The van der Waals surface area contributed by atoms with Gasteiger partial charge in [-0.2, -0.15) is 0 Å². The van der Waals surface area contributed by atoms with Gasteiger partial charge in [0.05, 0.1) is 11.9 Å². The first-order valence-electron chi connectivity index (χ1n) is 7.10. The molecule has 1 aromatic heterocycles. The molecule has 0 unspecified atom stereocenters. The van der Waals surface area contributed by atoms with Gasteiger partial charge in [-0.1, -0.05) is 29.8 Å². The lowest BCUT2D eigenvalue weighted by molar-refractivity contribution is 0.386. The van der Waals surface area contributed by atoms with E-state index >= 15 is 0 Å². The SMILES string of the molecule is Cc1ccc(-c2cnc(C3CCC(N)CC3)[nH]2)cc1. The molecule has 1 saturated carbocycles. The van der Waals surface area contributed by atoms with E-state index < -0.39 is 0 Å². The summed E-state index contributed by atoms with van der Waals surface area (Å²) in [6.07, 6.45) is 6.50. The van der Waals surface area contributed by atoms with E-state index in [1.165, 1.54) is 11.1 Å². The number of nitrogens with two attached hydrogens (primary N) is 1. The van der Waals surface area contributed by atoms with Crippen LogP contribution in [0.2, 0.25) is 0 Å². The number of aryl methyl sites for hydroxylation is 1. The summed E-state index contributed by atoms with van der Waals surface area (Å²) in [6, 6.07) is 8.94. The summed E-state index contributed by atoms with van der Waals surface area (Å²) in [4.78, 5) is 8.05. The van der Waals surface area contributed by atoms with Crippen LogP contribution in [-0.4, -0.2) is 16.0 Å². The van der Waals surface area contributed by atoms with Crippen LogP contribution in [0.4, 0.5) is 0 Å². The van der Waals surface area contributed by atoms with Crippen LogP contribution < -0.4 is 5.73 Å². The Hall–Kier alpha value is -1.61. The molecule has 3 N–H and O–H groups in total. The van der Waals surface area contributed by atoms with Crippen LogP contribution in [0.15, 0.2) is 30.5 Å². The van der Waals surface area contributed by atoms with E-state index in [1.807, 2.05) is 6.20 Å². The molecule has 2 aromatic rings. The lowest BCUT2D eigenvalue weighted by atomic mass is 9.86. The molecule has 19 heavy (non-hydrogen) atoms. The van der Waals surface area contributed by atoms with E-state index in [2.05, 4.69) is 41.2 Å². The summed E-state index contributed by atoms with van der Waals surface area (Å²) < 4.78 is 0. The third-order valence-corrected chi connectivity index (χ3v) is 4.12. The number of benzene rings is 1. The number of nitrogens with one attached hydrogen (secondary N) is 1. The lowest BCUT2D eigenvalue weighted by Crippen LogP contribution is -2.26. The van der Waals surface area contributed by atoms with E-state index in [0.717, 1.165) is 37.2 Å². The van der Waals surface area contributed by atoms with Gasteiger partial charge in [-0.3, -0.25) is 0 Å². The van der Waals surface area contributed by atoms with Crippen molar-refractivity contribution in [1.82, 2.24) is 9.97 Å². The summed E-state index contributed by atoms with van der Waals surface area (Å²) in [5.41, 5.74) is 9.56. The molecule has 0 radical (unpaired) electrons. The van der Waals surface area contributed by atoms with Crippen molar-refractivity contribution < 1.29 is 0 Å². The Bertz CT molecular complexity index is 533. The average Bonchev–Trinajstić information content (AvgIpc) is 2.90. The first kappa shape index (κ1) is 12.4. The quantitative estimate of drug-likeness (QED) is 0.864. The first-order valence-corrected chi connectivity index (χ1v) is 7.10. The summed E-state index contributed by atoms with van der Waals surface area (Å²) in [7, 11) is 0. The van der Waals surface area contributed by atoms with Gasteiger partial charge in [-0.25, -0.2) is 4.98 Å². The van der Waals surface area contributed by atoms with E-state index in [0.29, 0.717) is 12.0 Å². The third-order valence-electron chi connectivity index (χ3n) is 4.12. The third kappa shape index (κ3) is 2.71. The van der Waals surface area contributed by atoms with Crippen molar-refractivity contribution >= 4 is 0 Å².